The van der Waals surface area contributed by atoms with Crippen molar-refractivity contribution >= 4 is 23.6 Å². The molecule has 0 aromatic heterocycles. The molecule has 2 amide bonds. The number of benzene rings is 3. The minimum atomic E-state index is -0.254. The molecule has 0 spiro atoms. The number of rotatable bonds is 10. The minimum absolute atomic E-state index is 0.0284. The Hall–Kier alpha value is -3.94. The monoisotopic (exact) mass is 524 g/mol. The van der Waals surface area contributed by atoms with Crippen molar-refractivity contribution in [2.45, 2.75) is 12.6 Å². The highest BCUT2D eigenvalue weighted by Gasteiger charge is 2.36. The van der Waals surface area contributed by atoms with Crippen LogP contribution in [-0.4, -0.2) is 79.5 Å². The third-order valence-corrected chi connectivity index (χ3v) is 7.37. The zero-order valence-electron chi connectivity index (χ0n) is 22.5. The van der Waals surface area contributed by atoms with Crippen LogP contribution in [0.4, 0.5) is 5.69 Å². The van der Waals surface area contributed by atoms with Crippen molar-refractivity contribution in [1.82, 2.24) is 14.7 Å². The van der Waals surface area contributed by atoms with E-state index in [0.717, 1.165) is 56.0 Å². The number of amides is 2. The van der Waals surface area contributed by atoms with Crippen molar-refractivity contribution in [3.8, 4) is 0 Å². The summed E-state index contributed by atoms with van der Waals surface area (Å²) >= 11 is 0. The Bertz CT molecular complexity index is 1280. The van der Waals surface area contributed by atoms with Crippen molar-refractivity contribution in [2.75, 3.05) is 58.3 Å². The molecule has 1 N–H and O–H groups in total. The van der Waals surface area contributed by atoms with E-state index in [4.69, 9.17) is 4.74 Å². The second kappa shape index (κ2) is 12.7. The molecule has 3 aromatic rings. The molecule has 202 valence electrons. The third kappa shape index (κ3) is 6.38. The van der Waals surface area contributed by atoms with Crippen molar-refractivity contribution in [3.05, 3.63) is 107 Å². The topological polar surface area (TPSA) is 65.1 Å². The number of methoxy groups -OCH3 is 1. The SMILES string of the molecule is COCCCN1C(=O)c2ccccc2C1Nc1ccc(C(=O)N2CCN(CC=Cc3ccccc3)CC2)cc1. The molecule has 1 fully saturated rings. The first-order chi connectivity index (χ1) is 19.1. The fourth-order valence-corrected chi connectivity index (χ4v) is 5.22. The Morgan fingerprint density at radius 1 is 0.949 bits per heavy atom. The van der Waals surface area contributed by atoms with Crippen LogP contribution in [0.5, 0.6) is 0 Å². The lowest BCUT2D eigenvalue weighted by molar-refractivity contribution is 0.0650. The summed E-state index contributed by atoms with van der Waals surface area (Å²) in [6.45, 7) is 5.24. The molecule has 2 heterocycles. The van der Waals surface area contributed by atoms with E-state index in [1.165, 1.54) is 5.56 Å². The summed E-state index contributed by atoms with van der Waals surface area (Å²) in [5.41, 5.74) is 4.45. The van der Waals surface area contributed by atoms with E-state index in [1.807, 2.05) is 76.5 Å². The largest absolute Gasteiger partial charge is 0.385 e. The molecule has 2 aliphatic rings. The first-order valence-electron chi connectivity index (χ1n) is 13.6. The molecule has 1 atom stereocenters. The maximum absolute atomic E-state index is 13.2. The number of carbonyl (C=O) groups is 2. The Morgan fingerprint density at radius 3 is 2.41 bits per heavy atom. The van der Waals surface area contributed by atoms with Gasteiger partial charge in [-0.05, 0) is 42.3 Å². The summed E-state index contributed by atoms with van der Waals surface area (Å²) in [4.78, 5) is 32.4. The van der Waals surface area contributed by atoms with E-state index in [-0.39, 0.29) is 18.0 Å². The molecule has 1 unspecified atom stereocenters. The molecular weight excluding hydrogens is 488 g/mol. The van der Waals surface area contributed by atoms with Gasteiger partial charge in [-0.15, -0.1) is 0 Å². The maximum Gasteiger partial charge on any atom is 0.256 e. The summed E-state index contributed by atoms with van der Waals surface area (Å²) in [5.74, 6) is 0.0873. The predicted molar refractivity (Wildman–Crippen MR) is 155 cm³/mol. The lowest BCUT2D eigenvalue weighted by Gasteiger charge is -2.34. The highest BCUT2D eigenvalue weighted by Crippen LogP contribution is 2.34. The average molecular weight is 525 g/mol. The van der Waals surface area contributed by atoms with Gasteiger partial charge in [-0.1, -0.05) is 60.7 Å². The van der Waals surface area contributed by atoms with Crippen LogP contribution in [-0.2, 0) is 4.74 Å². The first kappa shape index (κ1) is 26.7. The molecule has 0 bridgehead atoms. The fraction of sp³-hybridized carbons (Fsp3) is 0.312. The van der Waals surface area contributed by atoms with Crippen LogP contribution in [0.25, 0.3) is 6.08 Å². The molecule has 39 heavy (non-hydrogen) atoms. The highest BCUT2D eigenvalue weighted by molar-refractivity contribution is 5.99. The second-order valence-electron chi connectivity index (χ2n) is 9.96. The van der Waals surface area contributed by atoms with Crippen LogP contribution in [0.2, 0.25) is 0 Å². The molecule has 2 aliphatic heterocycles. The van der Waals surface area contributed by atoms with Gasteiger partial charge in [0.15, 0.2) is 0 Å². The van der Waals surface area contributed by atoms with Gasteiger partial charge in [0.25, 0.3) is 11.8 Å². The third-order valence-electron chi connectivity index (χ3n) is 7.37. The Labute approximate surface area is 230 Å². The standard InChI is InChI=1S/C32H36N4O3/c1-39-24-8-19-36-30(28-12-5-6-13-29(28)32(36)38)33-27-16-14-26(15-17-27)31(37)35-22-20-34(21-23-35)18-7-11-25-9-3-2-4-10-25/h2-7,9-17,30,33H,8,18-24H2,1H3. The van der Waals surface area contributed by atoms with E-state index in [0.29, 0.717) is 18.7 Å². The predicted octanol–water partition coefficient (Wildman–Crippen LogP) is 4.76. The van der Waals surface area contributed by atoms with Gasteiger partial charge >= 0.3 is 0 Å². The molecular formula is C32H36N4O3. The highest BCUT2D eigenvalue weighted by atomic mass is 16.5. The summed E-state index contributed by atoms with van der Waals surface area (Å²) in [7, 11) is 1.67. The first-order valence-corrected chi connectivity index (χ1v) is 13.6. The lowest BCUT2D eigenvalue weighted by atomic mass is 10.1. The van der Waals surface area contributed by atoms with E-state index in [9.17, 15) is 9.59 Å². The maximum atomic E-state index is 13.2. The van der Waals surface area contributed by atoms with Crippen molar-refractivity contribution < 1.29 is 14.3 Å². The fourth-order valence-electron chi connectivity index (χ4n) is 5.22. The smallest absolute Gasteiger partial charge is 0.256 e. The summed E-state index contributed by atoms with van der Waals surface area (Å²) in [6, 6.07) is 25.6. The minimum Gasteiger partial charge on any atom is -0.385 e. The lowest BCUT2D eigenvalue weighted by Crippen LogP contribution is -2.48. The molecule has 3 aromatic carbocycles. The number of carbonyl (C=O) groups excluding carboxylic acids is 2. The Morgan fingerprint density at radius 2 is 1.67 bits per heavy atom. The van der Waals surface area contributed by atoms with Crippen molar-refractivity contribution in [1.29, 1.82) is 0 Å². The van der Waals surface area contributed by atoms with E-state index in [2.05, 4.69) is 34.5 Å². The summed E-state index contributed by atoms with van der Waals surface area (Å²) in [5, 5.41) is 3.51. The second-order valence-corrected chi connectivity index (χ2v) is 9.96. The molecule has 7 nitrogen and oxygen atoms in total. The quantitative estimate of drug-likeness (QED) is 0.388. The van der Waals surface area contributed by atoms with E-state index < -0.39 is 0 Å². The molecule has 1 saturated heterocycles. The molecule has 5 rings (SSSR count). The molecule has 0 saturated carbocycles. The normalized spacial score (nSPS) is 17.6. The van der Waals surface area contributed by atoms with Crippen molar-refractivity contribution in [2.24, 2.45) is 0 Å². The molecule has 0 radical (unpaired) electrons. The number of hydrogen-bond donors (Lipinski definition) is 1. The van der Waals surface area contributed by atoms with Gasteiger partial charge in [0.05, 0.1) is 0 Å². The van der Waals surface area contributed by atoms with Gasteiger partial charge < -0.3 is 19.9 Å². The van der Waals surface area contributed by atoms with Crippen LogP contribution in [0.15, 0.2) is 84.9 Å². The van der Waals surface area contributed by atoms with Gasteiger partial charge in [0, 0.05) is 75.4 Å². The number of nitrogens with zero attached hydrogens (tertiary/aromatic N) is 3. The number of nitrogens with one attached hydrogen (secondary N) is 1. The van der Waals surface area contributed by atoms with Crippen LogP contribution in [0, 0.1) is 0 Å². The summed E-state index contributed by atoms with van der Waals surface area (Å²) in [6.07, 6.45) is 4.84. The van der Waals surface area contributed by atoms with Gasteiger partial charge in [0.1, 0.15) is 6.17 Å². The van der Waals surface area contributed by atoms with Gasteiger partial charge in [-0.25, -0.2) is 0 Å². The van der Waals surface area contributed by atoms with Crippen LogP contribution < -0.4 is 5.32 Å². The van der Waals surface area contributed by atoms with Crippen LogP contribution in [0.1, 0.15) is 44.4 Å². The Balaban J connectivity index is 1.16. The molecule has 7 heteroatoms. The zero-order chi connectivity index (χ0) is 27.0. The van der Waals surface area contributed by atoms with E-state index >= 15 is 0 Å². The number of ether oxygens (including phenoxy) is 1. The van der Waals surface area contributed by atoms with Crippen LogP contribution >= 0.6 is 0 Å². The number of piperazine rings is 1. The summed E-state index contributed by atoms with van der Waals surface area (Å²) < 4.78 is 5.19. The van der Waals surface area contributed by atoms with Gasteiger partial charge in [-0.3, -0.25) is 14.5 Å². The van der Waals surface area contributed by atoms with Gasteiger partial charge in [0.2, 0.25) is 0 Å². The van der Waals surface area contributed by atoms with Gasteiger partial charge in [-0.2, -0.15) is 0 Å². The molecule has 0 aliphatic carbocycles. The Kier molecular flexibility index (Phi) is 8.71. The number of anilines is 1. The van der Waals surface area contributed by atoms with Crippen LogP contribution in [0.3, 0.4) is 0 Å². The van der Waals surface area contributed by atoms with E-state index in [1.54, 1.807) is 7.11 Å². The average Bonchev–Trinajstić information content (AvgIpc) is 3.24. The van der Waals surface area contributed by atoms with Crippen molar-refractivity contribution in [3.63, 3.8) is 0 Å². The zero-order valence-corrected chi connectivity index (χ0v) is 22.5. The number of hydrogen-bond acceptors (Lipinski definition) is 5. The number of fused-ring (bicyclic) bond motifs is 1.